The number of rotatable bonds is 2. The molecule has 4 saturated heterocycles. The first-order chi connectivity index (χ1) is 11.1. The van der Waals surface area contributed by atoms with Crippen molar-refractivity contribution in [1.29, 1.82) is 0 Å². The van der Waals surface area contributed by atoms with Gasteiger partial charge in [0.1, 0.15) is 0 Å². The van der Waals surface area contributed by atoms with Crippen molar-refractivity contribution in [3.8, 4) is 0 Å². The largest absolute Gasteiger partial charge is 0.469 e. The molecule has 4 aliphatic rings. The molecule has 3 heteroatoms. The zero-order valence-corrected chi connectivity index (χ0v) is 14.2. The molecule has 1 aromatic carbocycles. The van der Waals surface area contributed by atoms with Crippen LogP contribution in [-0.4, -0.2) is 36.6 Å². The van der Waals surface area contributed by atoms with Crippen LogP contribution in [0.4, 0.5) is 0 Å². The Balaban J connectivity index is 1.69. The summed E-state index contributed by atoms with van der Waals surface area (Å²) in [5.74, 6) is 0.382. The van der Waals surface area contributed by atoms with E-state index in [-0.39, 0.29) is 11.9 Å². The van der Waals surface area contributed by atoms with Crippen molar-refractivity contribution in [2.75, 3.05) is 13.7 Å². The SMILES string of the molecule is COC(=O)[C@H]1[C@@H]2C[C@@H]3CC[C@H]1N3C/C2=C\c1ccc(C)c(C)c1. The zero-order chi connectivity index (χ0) is 16.1. The van der Waals surface area contributed by atoms with Crippen LogP contribution in [0.5, 0.6) is 0 Å². The molecule has 4 fully saturated rings. The Morgan fingerprint density at radius 1 is 1.26 bits per heavy atom. The maximum Gasteiger partial charge on any atom is 0.310 e. The summed E-state index contributed by atoms with van der Waals surface area (Å²) in [7, 11) is 1.53. The van der Waals surface area contributed by atoms with E-state index in [1.54, 1.807) is 0 Å². The second-order valence-corrected chi connectivity index (χ2v) is 7.42. The molecule has 1 aromatic rings. The Kier molecular flexibility index (Phi) is 3.56. The lowest BCUT2D eigenvalue weighted by atomic mass is 9.71. The molecule has 0 radical (unpaired) electrons. The third-order valence-electron chi connectivity index (χ3n) is 6.26. The number of carbonyl (C=O) groups excluding carboxylic acids is 1. The number of fused-ring (bicyclic) bond motifs is 1. The minimum atomic E-state index is -0.0176. The summed E-state index contributed by atoms with van der Waals surface area (Å²) in [5.41, 5.74) is 5.32. The van der Waals surface area contributed by atoms with Crippen LogP contribution in [-0.2, 0) is 9.53 Å². The summed E-state index contributed by atoms with van der Waals surface area (Å²) >= 11 is 0. The lowest BCUT2D eigenvalue weighted by Crippen LogP contribution is -2.58. The number of methoxy groups -OCH3 is 1. The molecular formula is C20H25NO2. The van der Waals surface area contributed by atoms with Crippen molar-refractivity contribution in [3.63, 3.8) is 0 Å². The van der Waals surface area contributed by atoms with Gasteiger partial charge >= 0.3 is 5.97 Å². The Labute approximate surface area is 138 Å². The Bertz CT molecular complexity index is 678. The third kappa shape index (κ3) is 2.33. The van der Waals surface area contributed by atoms with Crippen molar-refractivity contribution in [3.05, 3.63) is 40.5 Å². The van der Waals surface area contributed by atoms with Gasteiger partial charge in [0, 0.05) is 18.6 Å². The second-order valence-electron chi connectivity index (χ2n) is 7.42. The van der Waals surface area contributed by atoms with Crippen LogP contribution >= 0.6 is 0 Å². The molecule has 23 heavy (non-hydrogen) atoms. The standard InChI is InChI=1S/C20H25NO2/c1-12-4-5-14(8-13(12)2)9-15-11-21-16-6-7-18(21)19(17(15)10-16)20(22)23-3/h4-5,8-9,16-19H,6-7,10-11H2,1-3H3/b15-9+/t16-,17+,18+,19-/m0/s1. The third-order valence-corrected chi connectivity index (χ3v) is 6.26. The number of ether oxygens (including phenoxy) is 1. The Hall–Kier alpha value is -1.61. The summed E-state index contributed by atoms with van der Waals surface area (Å²) < 4.78 is 5.13. The highest BCUT2D eigenvalue weighted by molar-refractivity contribution is 5.76. The summed E-state index contributed by atoms with van der Waals surface area (Å²) in [6.07, 6.45) is 5.83. The van der Waals surface area contributed by atoms with Crippen molar-refractivity contribution >= 4 is 12.0 Å². The van der Waals surface area contributed by atoms with Crippen molar-refractivity contribution in [2.45, 2.75) is 45.2 Å². The van der Waals surface area contributed by atoms with E-state index in [1.807, 2.05) is 0 Å². The summed E-state index contributed by atoms with van der Waals surface area (Å²) in [5, 5.41) is 0. The molecule has 5 atom stereocenters. The fourth-order valence-corrected chi connectivity index (χ4v) is 4.95. The fraction of sp³-hybridized carbons (Fsp3) is 0.550. The Morgan fingerprint density at radius 3 is 2.83 bits per heavy atom. The normalized spacial score (nSPS) is 36.5. The van der Waals surface area contributed by atoms with Crippen LogP contribution in [0, 0.1) is 25.7 Å². The van der Waals surface area contributed by atoms with E-state index in [1.165, 1.54) is 35.8 Å². The molecule has 0 amide bonds. The number of carbonyl (C=O) groups is 1. The number of benzene rings is 1. The van der Waals surface area contributed by atoms with Crippen molar-refractivity contribution in [2.24, 2.45) is 11.8 Å². The highest BCUT2D eigenvalue weighted by Gasteiger charge is 2.55. The Morgan fingerprint density at radius 2 is 2.09 bits per heavy atom. The first kappa shape index (κ1) is 14.9. The number of esters is 1. The van der Waals surface area contributed by atoms with E-state index >= 15 is 0 Å². The number of aryl methyl sites for hydroxylation is 2. The van der Waals surface area contributed by atoms with E-state index in [9.17, 15) is 4.79 Å². The predicted octanol–water partition coefficient (Wildman–Crippen LogP) is 3.34. The van der Waals surface area contributed by atoms with E-state index in [0.717, 1.165) is 19.4 Å². The molecule has 0 aromatic heterocycles. The first-order valence-electron chi connectivity index (χ1n) is 8.70. The molecule has 0 N–H and O–H groups in total. The van der Waals surface area contributed by atoms with E-state index in [0.29, 0.717) is 18.0 Å². The van der Waals surface area contributed by atoms with Crippen molar-refractivity contribution < 1.29 is 9.53 Å². The predicted molar refractivity (Wildman–Crippen MR) is 91.0 cm³/mol. The maximum absolute atomic E-state index is 12.4. The minimum absolute atomic E-state index is 0.0176. The molecule has 0 spiro atoms. The molecule has 5 rings (SSSR count). The highest BCUT2D eigenvalue weighted by atomic mass is 16.5. The quantitative estimate of drug-likeness (QED) is 0.785. The van der Waals surface area contributed by atoms with Crippen LogP contribution in [0.2, 0.25) is 0 Å². The lowest BCUT2D eigenvalue weighted by Gasteiger charge is -2.50. The average molecular weight is 311 g/mol. The van der Waals surface area contributed by atoms with Crippen LogP contribution in [0.15, 0.2) is 23.8 Å². The van der Waals surface area contributed by atoms with Crippen LogP contribution in [0.1, 0.15) is 36.0 Å². The minimum Gasteiger partial charge on any atom is -0.469 e. The molecule has 4 heterocycles. The topological polar surface area (TPSA) is 29.5 Å². The van der Waals surface area contributed by atoms with Gasteiger partial charge in [-0.25, -0.2) is 0 Å². The van der Waals surface area contributed by atoms with E-state index in [2.05, 4.69) is 43.0 Å². The lowest BCUT2D eigenvalue weighted by molar-refractivity contribution is -0.153. The number of piperidine rings is 3. The maximum atomic E-state index is 12.4. The van der Waals surface area contributed by atoms with E-state index < -0.39 is 0 Å². The number of nitrogens with zero attached hydrogens (tertiary/aromatic N) is 1. The van der Waals surface area contributed by atoms with Crippen LogP contribution < -0.4 is 0 Å². The van der Waals surface area contributed by atoms with Gasteiger partial charge in [0.25, 0.3) is 0 Å². The van der Waals surface area contributed by atoms with Crippen LogP contribution in [0.3, 0.4) is 0 Å². The van der Waals surface area contributed by atoms with Gasteiger partial charge in [0.15, 0.2) is 0 Å². The smallest absolute Gasteiger partial charge is 0.310 e. The molecule has 122 valence electrons. The van der Waals surface area contributed by atoms with Gasteiger partial charge in [-0.15, -0.1) is 0 Å². The van der Waals surface area contributed by atoms with Gasteiger partial charge in [-0.05, 0) is 55.7 Å². The zero-order valence-electron chi connectivity index (χ0n) is 14.2. The second kappa shape index (κ2) is 5.48. The molecule has 0 aliphatic carbocycles. The monoisotopic (exact) mass is 311 g/mol. The molecule has 3 nitrogen and oxygen atoms in total. The van der Waals surface area contributed by atoms with Gasteiger partial charge < -0.3 is 4.74 Å². The number of hydrogen-bond acceptors (Lipinski definition) is 3. The summed E-state index contributed by atoms with van der Waals surface area (Å²) in [4.78, 5) is 14.9. The van der Waals surface area contributed by atoms with Crippen molar-refractivity contribution in [1.82, 2.24) is 4.90 Å². The van der Waals surface area contributed by atoms with Gasteiger partial charge in [-0.2, -0.15) is 0 Å². The molecule has 4 aliphatic heterocycles. The fourth-order valence-electron chi connectivity index (χ4n) is 4.95. The van der Waals surface area contributed by atoms with Gasteiger partial charge in [0.05, 0.1) is 13.0 Å². The number of hydrogen-bond donors (Lipinski definition) is 0. The molecular weight excluding hydrogens is 286 g/mol. The molecule has 1 unspecified atom stereocenters. The summed E-state index contributed by atoms with van der Waals surface area (Å²) in [6, 6.07) is 7.71. The van der Waals surface area contributed by atoms with E-state index in [4.69, 9.17) is 4.74 Å². The average Bonchev–Trinajstić information content (AvgIpc) is 2.85. The van der Waals surface area contributed by atoms with Crippen LogP contribution in [0.25, 0.3) is 6.08 Å². The molecule has 0 saturated carbocycles. The summed E-state index contributed by atoms with van der Waals surface area (Å²) in [6.45, 7) is 5.33. The van der Waals surface area contributed by atoms with Gasteiger partial charge in [0.2, 0.25) is 0 Å². The van der Waals surface area contributed by atoms with Gasteiger partial charge in [-0.1, -0.05) is 29.8 Å². The highest BCUT2D eigenvalue weighted by Crippen LogP contribution is 2.50. The molecule has 4 bridgehead atoms. The van der Waals surface area contributed by atoms with Gasteiger partial charge in [-0.3, -0.25) is 9.69 Å². The first-order valence-corrected chi connectivity index (χ1v) is 8.70.